The van der Waals surface area contributed by atoms with Crippen molar-refractivity contribution in [3.63, 3.8) is 0 Å². The summed E-state index contributed by atoms with van der Waals surface area (Å²) in [6.45, 7) is 2.58. The second-order valence-electron chi connectivity index (χ2n) is 11.9. The van der Waals surface area contributed by atoms with Gasteiger partial charge in [-0.3, -0.25) is 8.98 Å². The van der Waals surface area contributed by atoms with Crippen LogP contribution in [0, 0.1) is 5.92 Å². The van der Waals surface area contributed by atoms with Crippen molar-refractivity contribution in [1.29, 1.82) is 0 Å². The third-order valence-corrected chi connectivity index (χ3v) is 10.1. The number of carbonyl (C=O) groups excluding carboxylic acids is 1. The van der Waals surface area contributed by atoms with E-state index in [1.54, 1.807) is 0 Å². The first-order valence-electron chi connectivity index (χ1n) is 13.6. The number of hydrogen-bond acceptors (Lipinski definition) is 8. The number of benzene rings is 2. The van der Waals surface area contributed by atoms with Gasteiger partial charge in [-0.25, -0.2) is 8.42 Å². The van der Waals surface area contributed by atoms with E-state index in [1.807, 2.05) is 36.4 Å². The number of quaternary nitrogens is 1. The Kier molecular flexibility index (Phi) is 6.35. The minimum atomic E-state index is -4.41. The molecule has 0 amide bonds. The Balaban J connectivity index is 0.000000418. The second-order valence-corrected chi connectivity index (χ2v) is 13.1. The molecule has 2 bridgehead atoms. The van der Waals surface area contributed by atoms with Gasteiger partial charge < -0.3 is 23.6 Å². The molecule has 2 aromatic rings. The Bertz CT molecular complexity index is 1390. The number of likely N-dealkylation sites (tertiary alicyclic amines) is 1. The summed E-state index contributed by atoms with van der Waals surface area (Å²) in [5, 5.41) is 12.5. The summed E-state index contributed by atoms with van der Waals surface area (Å²) in [6.07, 6.45) is 4.61. The van der Waals surface area contributed by atoms with Crippen LogP contribution in [0.3, 0.4) is 0 Å². The molecule has 5 aliphatic rings. The van der Waals surface area contributed by atoms with Crippen LogP contribution in [0.1, 0.15) is 48.8 Å². The predicted octanol–water partition coefficient (Wildman–Crippen LogP) is 2.64. The molecule has 2 aromatic carbocycles. The lowest BCUT2D eigenvalue weighted by Crippen LogP contribution is -2.80. The minimum absolute atomic E-state index is 0.112. The largest absolute Gasteiger partial charge is 0.726 e. The molecule has 39 heavy (non-hydrogen) atoms. The Morgan fingerprint density at radius 3 is 2.54 bits per heavy atom. The Morgan fingerprint density at radius 2 is 1.87 bits per heavy atom. The van der Waals surface area contributed by atoms with Crippen molar-refractivity contribution >= 4 is 16.2 Å². The van der Waals surface area contributed by atoms with Gasteiger partial charge in [-0.1, -0.05) is 36.4 Å². The maximum Gasteiger partial charge on any atom is 0.217 e. The molecule has 210 valence electrons. The standard InChI is InChI=1S/C28H32NO4.CH4O4S/c1-29(16-18-7-8-18)14-13-27-24-20-9-10-22(32-17-19-5-3-2-4-6-19)25(24)33-26(27)21(30)11-12-28(27,31)23(29)15-20;1-5-6(2,3)4/h2-6,9-10,18,23,26,31H,7-8,11-17H2,1H3;1H3,(H,2,3,4)/q+1;/p-1/t23-,26+,27+,28-,29?;/m1./s1. The summed E-state index contributed by atoms with van der Waals surface area (Å²) in [5.41, 5.74) is 1.85. The van der Waals surface area contributed by atoms with Crippen molar-refractivity contribution in [3.05, 3.63) is 59.2 Å². The number of nitrogens with zero attached hydrogens (tertiary/aromatic N) is 1. The number of ether oxygens (including phenoxy) is 2. The molecule has 7 rings (SSSR count). The van der Waals surface area contributed by atoms with Crippen LogP contribution in [0.25, 0.3) is 0 Å². The van der Waals surface area contributed by atoms with Crippen LogP contribution < -0.4 is 9.47 Å². The quantitative estimate of drug-likeness (QED) is 0.327. The lowest BCUT2D eigenvalue weighted by molar-refractivity contribution is -0.950. The molecule has 2 saturated carbocycles. The molecule has 3 aliphatic carbocycles. The van der Waals surface area contributed by atoms with Gasteiger partial charge in [0.1, 0.15) is 18.2 Å². The van der Waals surface area contributed by atoms with Gasteiger partial charge in [-0.05, 0) is 36.5 Å². The van der Waals surface area contributed by atoms with Gasteiger partial charge in [0.2, 0.25) is 10.4 Å². The van der Waals surface area contributed by atoms with Crippen LogP contribution in [0.4, 0.5) is 0 Å². The second kappa shape index (κ2) is 9.27. The van der Waals surface area contributed by atoms with Crippen LogP contribution in [0.2, 0.25) is 0 Å². The molecule has 10 heteroatoms. The van der Waals surface area contributed by atoms with E-state index in [1.165, 1.54) is 18.4 Å². The number of ketones is 1. The number of piperidine rings is 1. The van der Waals surface area contributed by atoms with Crippen molar-refractivity contribution < 1.29 is 41.0 Å². The average molecular weight is 558 g/mol. The normalized spacial score (nSPS) is 33.9. The SMILES string of the molecule is COS(=O)(=O)[O-].C[N+]1(CC2CC2)CC[C@]23c4c5ccc(OCc6ccccc6)c4O[C@H]2C(=O)CC[C@@]3(O)[C@H]1C5. The maximum atomic E-state index is 13.2. The minimum Gasteiger partial charge on any atom is -0.726 e. The van der Waals surface area contributed by atoms with Crippen LogP contribution in [-0.2, 0) is 37.8 Å². The molecule has 0 radical (unpaired) electrons. The first-order chi connectivity index (χ1) is 18.5. The zero-order valence-corrected chi connectivity index (χ0v) is 23.1. The molecule has 5 atom stereocenters. The average Bonchev–Trinajstić information content (AvgIpc) is 3.64. The summed E-state index contributed by atoms with van der Waals surface area (Å²) in [4.78, 5) is 13.2. The number of carbonyl (C=O) groups is 1. The van der Waals surface area contributed by atoms with E-state index in [9.17, 15) is 22.9 Å². The highest BCUT2D eigenvalue weighted by atomic mass is 32.3. The molecular formula is C29H35NO8S. The highest BCUT2D eigenvalue weighted by Crippen LogP contribution is 2.66. The van der Waals surface area contributed by atoms with E-state index >= 15 is 0 Å². The van der Waals surface area contributed by atoms with Gasteiger partial charge in [0.15, 0.2) is 23.4 Å². The topological polar surface area (TPSA) is 122 Å². The maximum absolute atomic E-state index is 13.2. The summed E-state index contributed by atoms with van der Waals surface area (Å²) in [7, 11) is -1.26. The lowest BCUT2D eigenvalue weighted by atomic mass is 9.48. The number of aliphatic hydroxyl groups is 1. The number of likely N-dealkylation sites (N-methyl/N-ethyl adjacent to an activating group) is 1. The summed E-state index contributed by atoms with van der Waals surface area (Å²) >= 11 is 0. The zero-order valence-electron chi connectivity index (χ0n) is 22.3. The molecule has 1 spiro atoms. The molecule has 9 nitrogen and oxygen atoms in total. The van der Waals surface area contributed by atoms with Gasteiger partial charge in [0.05, 0.1) is 32.7 Å². The van der Waals surface area contributed by atoms with Crippen LogP contribution in [0.15, 0.2) is 42.5 Å². The predicted molar refractivity (Wildman–Crippen MR) is 140 cm³/mol. The van der Waals surface area contributed by atoms with E-state index in [-0.39, 0.29) is 11.8 Å². The first-order valence-corrected chi connectivity index (χ1v) is 14.9. The van der Waals surface area contributed by atoms with Crippen LogP contribution >= 0.6 is 0 Å². The fourth-order valence-electron chi connectivity index (χ4n) is 7.78. The highest BCUT2D eigenvalue weighted by molar-refractivity contribution is 7.80. The highest BCUT2D eigenvalue weighted by Gasteiger charge is 2.76. The molecule has 0 aromatic heterocycles. The zero-order chi connectivity index (χ0) is 27.6. The summed E-state index contributed by atoms with van der Waals surface area (Å²) in [6, 6.07) is 14.4. The van der Waals surface area contributed by atoms with E-state index in [4.69, 9.17) is 9.47 Å². The summed E-state index contributed by atoms with van der Waals surface area (Å²) in [5.74, 6) is 2.32. The van der Waals surface area contributed by atoms with Crippen molar-refractivity contribution in [3.8, 4) is 11.5 Å². The van der Waals surface area contributed by atoms with Gasteiger partial charge >= 0.3 is 0 Å². The van der Waals surface area contributed by atoms with Crippen molar-refractivity contribution in [2.75, 3.05) is 27.2 Å². The molecule has 2 aliphatic heterocycles. The Hall–Kier alpha value is -2.50. The summed E-state index contributed by atoms with van der Waals surface area (Å²) < 4.78 is 44.7. The first kappa shape index (κ1) is 26.7. The van der Waals surface area contributed by atoms with Crippen molar-refractivity contribution in [1.82, 2.24) is 0 Å². The third kappa shape index (κ3) is 4.28. The number of hydrogen-bond donors (Lipinski definition) is 1. The fraction of sp³-hybridized carbons (Fsp3) is 0.552. The third-order valence-electron chi connectivity index (χ3n) is 9.70. The molecule has 3 fully saturated rings. The van der Waals surface area contributed by atoms with E-state index < -0.39 is 27.5 Å². The van der Waals surface area contributed by atoms with Crippen molar-refractivity contribution in [2.24, 2.45) is 5.92 Å². The Labute approximate surface area is 229 Å². The van der Waals surface area contributed by atoms with Gasteiger partial charge in [-0.2, -0.15) is 0 Å². The van der Waals surface area contributed by atoms with Crippen LogP contribution in [0.5, 0.6) is 11.5 Å². The molecule has 1 saturated heterocycles. The van der Waals surface area contributed by atoms with Gasteiger partial charge in [0.25, 0.3) is 0 Å². The Morgan fingerprint density at radius 1 is 1.15 bits per heavy atom. The molecule has 1 N–H and O–H groups in total. The van der Waals surface area contributed by atoms with E-state index in [0.717, 1.165) is 54.6 Å². The van der Waals surface area contributed by atoms with E-state index in [0.29, 0.717) is 30.9 Å². The monoisotopic (exact) mass is 557 g/mol. The van der Waals surface area contributed by atoms with Gasteiger partial charge in [0, 0.05) is 30.7 Å². The van der Waals surface area contributed by atoms with E-state index in [2.05, 4.69) is 17.3 Å². The number of rotatable bonds is 6. The molecule has 1 unspecified atom stereocenters. The molecular weight excluding hydrogens is 522 g/mol. The lowest BCUT2D eigenvalue weighted by Gasteiger charge is -2.64. The van der Waals surface area contributed by atoms with Gasteiger partial charge in [-0.15, -0.1) is 0 Å². The van der Waals surface area contributed by atoms with Crippen molar-refractivity contribution in [2.45, 2.75) is 68.3 Å². The number of Topliss-reactive ketones (excluding diaryl/α,β-unsaturated/α-hetero) is 1. The van der Waals surface area contributed by atoms with Crippen LogP contribution in [-0.4, -0.2) is 73.3 Å². The molecule has 2 heterocycles. The fourth-order valence-corrected chi connectivity index (χ4v) is 7.78. The smallest absolute Gasteiger partial charge is 0.217 e.